The number of aromatic nitrogens is 4. The maximum atomic E-state index is 12.6. The second kappa shape index (κ2) is 7.81. The fraction of sp³-hybridized carbons (Fsp3) is 0.182. The van der Waals surface area contributed by atoms with Crippen LogP contribution in [0, 0.1) is 0 Å². The highest BCUT2D eigenvalue weighted by Gasteiger charge is 2.09. The van der Waals surface area contributed by atoms with Gasteiger partial charge in [-0.3, -0.25) is 9.48 Å². The molecule has 0 radical (unpaired) electrons. The van der Waals surface area contributed by atoms with Crippen molar-refractivity contribution in [3.63, 3.8) is 0 Å². The predicted octanol–water partition coefficient (Wildman–Crippen LogP) is 3.34. The first kappa shape index (κ1) is 18.8. The first-order chi connectivity index (χ1) is 14.0. The fourth-order valence-electron chi connectivity index (χ4n) is 3.16. The quantitative estimate of drug-likeness (QED) is 0.569. The van der Waals surface area contributed by atoms with Crippen LogP contribution in [0.1, 0.15) is 15.9 Å². The number of carbonyl (C=O) groups is 1. The maximum Gasteiger partial charge on any atom is 0.256 e. The molecule has 146 valence electrons. The van der Waals surface area contributed by atoms with Crippen LogP contribution < -0.4 is 5.32 Å². The standard InChI is InChI=1S/C22H22N6O/c1-27(2)13-15-4-6-16(7-5-15)22(29)24-21-11-19-10-17(8-9-18(19)12-23-21)20-14-28(3)26-25-20/h4-12,14H,13H2,1-3H3,(H,23,24,29). The van der Waals surface area contributed by atoms with Crippen molar-refractivity contribution in [3.8, 4) is 11.3 Å². The van der Waals surface area contributed by atoms with E-state index in [2.05, 4.69) is 25.5 Å². The summed E-state index contributed by atoms with van der Waals surface area (Å²) < 4.78 is 1.67. The Bertz CT molecular complexity index is 1160. The summed E-state index contributed by atoms with van der Waals surface area (Å²) in [5.74, 6) is 0.328. The molecule has 0 bridgehead atoms. The third-order valence-electron chi connectivity index (χ3n) is 4.58. The van der Waals surface area contributed by atoms with Gasteiger partial charge in [0.25, 0.3) is 5.91 Å². The van der Waals surface area contributed by atoms with Crippen LogP contribution in [0.2, 0.25) is 0 Å². The molecule has 0 saturated heterocycles. The Balaban J connectivity index is 1.55. The zero-order chi connectivity index (χ0) is 20.4. The molecule has 2 aromatic heterocycles. The number of amides is 1. The molecule has 4 rings (SSSR count). The van der Waals surface area contributed by atoms with Crippen molar-refractivity contribution in [2.75, 3.05) is 19.4 Å². The summed E-state index contributed by atoms with van der Waals surface area (Å²) in [7, 11) is 5.87. The van der Waals surface area contributed by atoms with Crippen LogP contribution in [0.5, 0.6) is 0 Å². The Labute approximate surface area is 169 Å². The number of rotatable bonds is 5. The number of pyridine rings is 1. The Morgan fingerprint density at radius 3 is 2.55 bits per heavy atom. The van der Waals surface area contributed by atoms with E-state index in [1.807, 2.05) is 75.9 Å². The van der Waals surface area contributed by atoms with E-state index in [1.54, 1.807) is 10.9 Å². The van der Waals surface area contributed by atoms with Crippen LogP contribution in [0.3, 0.4) is 0 Å². The lowest BCUT2D eigenvalue weighted by Gasteiger charge is -2.10. The molecule has 0 fully saturated rings. The monoisotopic (exact) mass is 386 g/mol. The number of hydrogen-bond acceptors (Lipinski definition) is 5. The molecule has 1 amide bonds. The molecule has 7 heteroatoms. The van der Waals surface area contributed by atoms with Gasteiger partial charge in [0, 0.05) is 36.3 Å². The van der Waals surface area contributed by atoms with Crippen molar-refractivity contribution < 1.29 is 4.79 Å². The van der Waals surface area contributed by atoms with Gasteiger partial charge in [0.2, 0.25) is 0 Å². The average Bonchev–Trinajstić information content (AvgIpc) is 3.14. The molecule has 7 nitrogen and oxygen atoms in total. The van der Waals surface area contributed by atoms with Gasteiger partial charge in [-0.05, 0) is 49.3 Å². The lowest BCUT2D eigenvalue weighted by atomic mass is 10.1. The van der Waals surface area contributed by atoms with E-state index in [0.29, 0.717) is 11.4 Å². The Kier molecular flexibility index (Phi) is 5.05. The highest BCUT2D eigenvalue weighted by Crippen LogP contribution is 2.24. The molecular formula is C22H22N6O. The third-order valence-corrected chi connectivity index (χ3v) is 4.58. The number of aryl methyl sites for hydroxylation is 1. The zero-order valence-electron chi connectivity index (χ0n) is 16.6. The highest BCUT2D eigenvalue weighted by atomic mass is 16.1. The summed E-state index contributed by atoms with van der Waals surface area (Å²) in [5.41, 5.74) is 3.52. The molecule has 0 saturated carbocycles. The van der Waals surface area contributed by atoms with Crippen LogP contribution >= 0.6 is 0 Å². The normalized spacial score (nSPS) is 11.2. The molecule has 0 spiro atoms. The molecule has 4 aromatic rings. The minimum absolute atomic E-state index is 0.182. The molecule has 0 aliphatic carbocycles. The minimum atomic E-state index is -0.182. The van der Waals surface area contributed by atoms with Crippen LogP contribution in [0.25, 0.3) is 22.0 Å². The molecule has 0 aliphatic rings. The van der Waals surface area contributed by atoms with Crippen LogP contribution in [0.15, 0.2) is 60.9 Å². The number of nitrogens with one attached hydrogen (secondary N) is 1. The second-order valence-corrected chi connectivity index (χ2v) is 7.30. The molecule has 2 aromatic carbocycles. The van der Waals surface area contributed by atoms with Gasteiger partial charge in [-0.15, -0.1) is 5.10 Å². The Hall–Kier alpha value is -3.58. The van der Waals surface area contributed by atoms with Crippen LogP contribution in [-0.4, -0.2) is 44.9 Å². The number of fused-ring (bicyclic) bond motifs is 1. The zero-order valence-corrected chi connectivity index (χ0v) is 16.6. The number of carbonyl (C=O) groups excluding carboxylic acids is 1. The van der Waals surface area contributed by atoms with Gasteiger partial charge < -0.3 is 10.2 Å². The number of hydrogen-bond donors (Lipinski definition) is 1. The fourth-order valence-corrected chi connectivity index (χ4v) is 3.16. The molecule has 1 N–H and O–H groups in total. The number of anilines is 1. The van der Waals surface area contributed by atoms with E-state index >= 15 is 0 Å². The van der Waals surface area contributed by atoms with E-state index in [-0.39, 0.29) is 5.91 Å². The second-order valence-electron chi connectivity index (χ2n) is 7.30. The van der Waals surface area contributed by atoms with E-state index in [4.69, 9.17) is 0 Å². The van der Waals surface area contributed by atoms with Gasteiger partial charge in [-0.2, -0.15) is 0 Å². The topological polar surface area (TPSA) is 75.9 Å². The summed E-state index contributed by atoms with van der Waals surface area (Å²) in [5, 5.41) is 13.0. The maximum absolute atomic E-state index is 12.6. The molecule has 2 heterocycles. The third kappa shape index (κ3) is 4.30. The van der Waals surface area contributed by atoms with Crippen molar-refractivity contribution in [1.82, 2.24) is 24.9 Å². The first-order valence-electron chi connectivity index (χ1n) is 9.29. The summed E-state index contributed by atoms with van der Waals surface area (Å²) in [6.07, 6.45) is 3.62. The van der Waals surface area contributed by atoms with Crippen molar-refractivity contribution in [2.45, 2.75) is 6.54 Å². The Morgan fingerprint density at radius 1 is 1.07 bits per heavy atom. The van der Waals surface area contributed by atoms with Gasteiger partial charge in [-0.25, -0.2) is 4.98 Å². The highest BCUT2D eigenvalue weighted by molar-refractivity contribution is 6.04. The minimum Gasteiger partial charge on any atom is -0.307 e. The van der Waals surface area contributed by atoms with E-state index in [1.165, 1.54) is 0 Å². The van der Waals surface area contributed by atoms with E-state index in [0.717, 1.165) is 34.1 Å². The summed E-state index contributed by atoms with van der Waals surface area (Å²) in [6, 6.07) is 15.5. The average molecular weight is 386 g/mol. The van der Waals surface area contributed by atoms with Crippen LogP contribution in [0.4, 0.5) is 5.82 Å². The summed E-state index contributed by atoms with van der Waals surface area (Å²) >= 11 is 0. The summed E-state index contributed by atoms with van der Waals surface area (Å²) in [6.45, 7) is 0.836. The summed E-state index contributed by atoms with van der Waals surface area (Å²) in [4.78, 5) is 19.0. The van der Waals surface area contributed by atoms with Crippen molar-refractivity contribution >= 4 is 22.5 Å². The van der Waals surface area contributed by atoms with Crippen molar-refractivity contribution in [3.05, 3.63) is 72.1 Å². The predicted molar refractivity (Wildman–Crippen MR) is 114 cm³/mol. The van der Waals surface area contributed by atoms with E-state index in [9.17, 15) is 4.79 Å². The molecule has 0 aliphatic heterocycles. The SMILES string of the molecule is CN(C)Cc1ccc(C(=O)Nc2cc3cc(-c4cn(C)nn4)ccc3cn2)cc1. The van der Waals surface area contributed by atoms with E-state index < -0.39 is 0 Å². The first-order valence-corrected chi connectivity index (χ1v) is 9.29. The van der Waals surface area contributed by atoms with Gasteiger partial charge in [0.1, 0.15) is 11.5 Å². The van der Waals surface area contributed by atoms with Crippen molar-refractivity contribution in [2.24, 2.45) is 7.05 Å². The molecule has 0 atom stereocenters. The molecule has 0 unspecified atom stereocenters. The van der Waals surface area contributed by atoms with Gasteiger partial charge in [-0.1, -0.05) is 29.5 Å². The molecular weight excluding hydrogens is 364 g/mol. The lowest BCUT2D eigenvalue weighted by Crippen LogP contribution is -2.14. The number of nitrogens with zero attached hydrogens (tertiary/aromatic N) is 5. The lowest BCUT2D eigenvalue weighted by molar-refractivity contribution is 0.102. The number of benzene rings is 2. The largest absolute Gasteiger partial charge is 0.307 e. The van der Waals surface area contributed by atoms with Gasteiger partial charge in [0.15, 0.2) is 0 Å². The van der Waals surface area contributed by atoms with Crippen LogP contribution in [-0.2, 0) is 13.6 Å². The van der Waals surface area contributed by atoms with Crippen molar-refractivity contribution in [1.29, 1.82) is 0 Å². The Morgan fingerprint density at radius 2 is 1.86 bits per heavy atom. The smallest absolute Gasteiger partial charge is 0.256 e. The molecule has 29 heavy (non-hydrogen) atoms. The van der Waals surface area contributed by atoms with Gasteiger partial charge in [0.05, 0.1) is 6.20 Å². The van der Waals surface area contributed by atoms with Gasteiger partial charge >= 0.3 is 0 Å².